The van der Waals surface area contributed by atoms with Gasteiger partial charge in [-0.2, -0.15) is 5.26 Å². The number of hydrogen-bond donors (Lipinski definition) is 1. The highest BCUT2D eigenvalue weighted by atomic mass is 79.9. The van der Waals surface area contributed by atoms with Crippen LogP contribution in [0.15, 0.2) is 63.6 Å². The fourth-order valence-electron chi connectivity index (χ4n) is 3.38. The van der Waals surface area contributed by atoms with Crippen molar-refractivity contribution in [3.8, 4) is 17.6 Å². The second-order valence-corrected chi connectivity index (χ2v) is 8.69. The average Bonchev–Trinajstić information content (AvgIpc) is 2.81. The molecule has 0 fully saturated rings. The van der Waals surface area contributed by atoms with Gasteiger partial charge in [-0.3, -0.25) is 9.59 Å². The van der Waals surface area contributed by atoms with Gasteiger partial charge in [-0.05, 0) is 45.8 Å². The van der Waals surface area contributed by atoms with Crippen LogP contribution in [-0.4, -0.2) is 38.5 Å². The summed E-state index contributed by atoms with van der Waals surface area (Å²) in [6.45, 7) is 0.381. The van der Waals surface area contributed by atoms with E-state index in [9.17, 15) is 14.9 Å². The van der Waals surface area contributed by atoms with Gasteiger partial charge in [0, 0.05) is 11.7 Å². The van der Waals surface area contributed by atoms with Gasteiger partial charge in [-0.1, -0.05) is 24.3 Å². The third-order valence-corrected chi connectivity index (χ3v) is 6.46. The second-order valence-electron chi connectivity index (χ2n) is 6.73. The van der Waals surface area contributed by atoms with Crippen molar-refractivity contribution in [1.29, 1.82) is 5.26 Å². The van der Waals surface area contributed by atoms with Crippen LogP contribution in [-0.2, 0) is 14.3 Å². The van der Waals surface area contributed by atoms with Gasteiger partial charge in [-0.25, -0.2) is 0 Å². The highest BCUT2D eigenvalue weighted by molar-refractivity contribution is 9.10. The summed E-state index contributed by atoms with van der Waals surface area (Å²) in [4.78, 5) is 25.4. The molecular weight excluding hydrogens is 496 g/mol. The van der Waals surface area contributed by atoms with Crippen LogP contribution in [0.4, 0.5) is 0 Å². The SMILES string of the molecule is COC(=O)[C@H]1C(=O)NC(SCCOc2ccccc2)=C(C#N)[C@@H]1c1ccc(OC)c(Br)c1. The minimum Gasteiger partial charge on any atom is -0.496 e. The molecule has 1 aliphatic heterocycles. The van der Waals surface area contributed by atoms with E-state index in [0.29, 0.717) is 38.7 Å². The minimum atomic E-state index is -1.18. The lowest BCUT2D eigenvalue weighted by Gasteiger charge is -2.31. The van der Waals surface area contributed by atoms with E-state index in [0.717, 1.165) is 5.75 Å². The van der Waals surface area contributed by atoms with Crippen LogP contribution in [0.1, 0.15) is 11.5 Å². The molecule has 0 radical (unpaired) electrons. The molecule has 0 aliphatic carbocycles. The molecular formula is C23H21BrN2O5S. The van der Waals surface area contributed by atoms with Crippen LogP contribution >= 0.6 is 27.7 Å². The number of nitrogens with one attached hydrogen (secondary N) is 1. The lowest BCUT2D eigenvalue weighted by atomic mass is 9.78. The number of hydrogen-bond acceptors (Lipinski definition) is 7. The van der Waals surface area contributed by atoms with Gasteiger partial charge >= 0.3 is 5.97 Å². The first-order valence-electron chi connectivity index (χ1n) is 9.67. The lowest BCUT2D eigenvalue weighted by molar-refractivity contribution is -0.150. The Morgan fingerprint density at radius 1 is 1.22 bits per heavy atom. The van der Waals surface area contributed by atoms with Crippen molar-refractivity contribution in [3.05, 3.63) is 69.2 Å². The molecule has 166 valence electrons. The average molecular weight is 517 g/mol. The number of nitriles is 1. The van der Waals surface area contributed by atoms with Crippen molar-refractivity contribution in [2.75, 3.05) is 26.6 Å². The van der Waals surface area contributed by atoms with Gasteiger partial charge in [0.15, 0.2) is 0 Å². The van der Waals surface area contributed by atoms with Gasteiger partial charge in [-0.15, -0.1) is 11.8 Å². The normalized spacial score (nSPS) is 17.9. The van der Waals surface area contributed by atoms with E-state index in [4.69, 9.17) is 14.2 Å². The van der Waals surface area contributed by atoms with Crippen LogP contribution in [0.25, 0.3) is 0 Å². The number of halogens is 1. The summed E-state index contributed by atoms with van der Waals surface area (Å²) in [5, 5.41) is 13.1. The zero-order valence-corrected chi connectivity index (χ0v) is 19.9. The highest BCUT2D eigenvalue weighted by Crippen LogP contribution is 2.42. The van der Waals surface area contributed by atoms with Crippen LogP contribution < -0.4 is 14.8 Å². The van der Waals surface area contributed by atoms with E-state index >= 15 is 0 Å². The molecule has 1 N–H and O–H groups in total. The zero-order valence-electron chi connectivity index (χ0n) is 17.5. The molecule has 1 aliphatic rings. The van der Waals surface area contributed by atoms with Crippen LogP contribution in [0, 0.1) is 17.2 Å². The number of allylic oxidation sites excluding steroid dienone is 1. The number of para-hydroxylation sites is 1. The summed E-state index contributed by atoms with van der Waals surface area (Å²) in [5.74, 6) is -1.36. The third kappa shape index (κ3) is 5.26. The molecule has 0 spiro atoms. The number of esters is 1. The Kier molecular flexibility index (Phi) is 8.20. The van der Waals surface area contributed by atoms with E-state index in [-0.39, 0.29) is 0 Å². The molecule has 2 aromatic carbocycles. The topological polar surface area (TPSA) is 97.7 Å². The lowest BCUT2D eigenvalue weighted by Crippen LogP contribution is -2.44. The molecule has 0 saturated carbocycles. The molecule has 1 amide bonds. The smallest absolute Gasteiger partial charge is 0.319 e. The maximum Gasteiger partial charge on any atom is 0.319 e. The first kappa shape index (κ1) is 23.7. The van der Waals surface area contributed by atoms with Gasteiger partial charge in [0.25, 0.3) is 0 Å². The molecule has 3 rings (SSSR count). The Morgan fingerprint density at radius 2 is 1.97 bits per heavy atom. The van der Waals surface area contributed by atoms with Crippen LogP contribution in [0.5, 0.6) is 11.5 Å². The number of carbonyl (C=O) groups excluding carboxylic acids is 2. The largest absolute Gasteiger partial charge is 0.496 e. The molecule has 0 bridgehead atoms. The number of amides is 1. The van der Waals surface area contributed by atoms with Crippen molar-refractivity contribution in [2.24, 2.45) is 5.92 Å². The summed E-state index contributed by atoms with van der Waals surface area (Å²) >= 11 is 4.73. The number of methoxy groups -OCH3 is 2. The van der Waals surface area contributed by atoms with Gasteiger partial charge in [0.1, 0.15) is 17.4 Å². The first-order valence-corrected chi connectivity index (χ1v) is 11.4. The van der Waals surface area contributed by atoms with E-state index in [1.54, 1.807) is 18.2 Å². The number of thioether (sulfide) groups is 1. The Hall–Kier alpha value is -2.96. The van der Waals surface area contributed by atoms with E-state index < -0.39 is 23.7 Å². The predicted octanol–water partition coefficient (Wildman–Crippen LogP) is 4.01. The highest BCUT2D eigenvalue weighted by Gasteiger charge is 2.44. The molecule has 2 aromatic rings. The van der Waals surface area contributed by atoms with Crippen molar-refractivity contribution in [3.63, 3.8) is 0 Å². The standard InChI is InChI=1S/C23H21BrN2O5S/c1-29-18-9-8-14(12-17(18)24)19-16(13-25)22(26-21(27)20(19)23(28)30-2)32-11-10-31-15-6-4-3-5-7-15/h3-9,12,19-20H,10-11H2,1-2H3,(H,26,27)/t19-,20+/m0/s1. The van der Waals surface area contributed by atoms with E-state index in [1.165, 1.54) is 26.0 Å². The maximum absolute atomic E-state index is 12.9. The van der Waals surface area contributed by atoms with Crippen molar-refractivity contribution < 1.29 is 23.8 Å². The molecule has 1 heterocycles. The summed E-state index contributed by atoms with van der Waals surface area (Å²) in [5.41, 5.74) is 0.917. The second kappa shape index (κ2) is 11.1. The summed E-state index contributed by atoms with van der Waals surface area (Å²) < 4.78 is 16.5. The quantitative estimate of drug-likeness (QED) is 0.321. The molecule has 7 nitrogen and oxygen atoms in total. The predicted molar refractivity (Wildman–Crippen MR) is 124 cm³/mol. The number of ether oxygens (including phenoxy) is 3. The van der Waals surface area contributed by atoms with Crippen molar-refractivity contribution >= 4 is 39.6 Å². The fraction of sp³-hybridized carbons (Fsp3) is 0.261. The van der Waals surface area contributed by atoms with Crippen molar-refractivity contribution in [2.45, 2.75) is 5.92 Å². The number of carbonyl (C=O) groups is 2. The summed E-state index contributed by atoms with van der Waals surface area (Å²) in [7, 11) is 2.76. The van der Waals surface area contributed by atoms with Crippen LogP contribution in [0.2, 0.25) is 0 Å². The molecule has 9 heteroatoms. The van der Waals surface area contributed by atoms with Crippen molar-refractivity contribution in [1.82, 2.24) is 5.32 Å². The monoisotopic (exact) mass is 516 g/mol. The molecule has 2 atom stereocenters. The number of benzene rings is 2. The van der Waals surface area contributed by atoms with Gasteiger partial charge < -0.3 is 19.5 Å². The Balaban J connectivity index is 1.89. The fourth-order valence-corrected chi connectivity index (χ4v) is 4.81. The molecule has 0 aromatic heterocycles. The zero-order chi connectivity index (χ0) is 23.1. The summed E-state index contributed by atoms with van der Waals surface area (Å²) in [6.07, 6.45) is 0. The Morgan fingerprint density at radius 3 is 2.59 bits per heavy atom. The summed E-state index contributed by atoms with van der Waals surface area (Å²) in [6, 6.07) is 16.8. The van der Waals surface area contributed by atoms with E-state index in [2.05, 4.69) is 27.3 Å². The number of rotatable bonds is 8. The van der Waals surface area contributed by atoms with Gasteiger partial charge in [0.05, 0.1) is 42.0 Å². The molecule has 32 heavy (non-hydrogen) atoms. The third-order valence-electron chi connectivity index (χ3n) is 4.86. The maximum atomic E-state index is 12.9. The molecule has 0 saturated heterocycles. The Labute approximate surface area is 198 Å². The van der Waals surface area contributed by atoms with Gasteiger partial charge in [0.2, 0.25) is 5.91 Å². The van der Waals surface area contributed by atoms with Crippen LogP contribution in [0.3, 0.4) is 0 Å². The number of nitrogens with zero attached hydrogens (tertiary/aromatic N) is 1. The Bertz CT molecular complexity index is 1070. The molecule has 0 unspecified atom stereocenters. The van der Waals surface area contributed by atoms with E-state index in [1.807, 2.05) is 30.3 Å². The first-order chi connectivity index (χ1) is 15.5. The minimum absolute atomic E-state index is 0.293.